The van der Waals surface area contributed by atoms with Gasteiger partial charge in [0.1, 0.15) is 17.3 Å². The van der Waals surface area contributed by atoms with E-state index in [1.54, 1.807) is 89.4 Å². The summed E-state index contributed by atoms with van der Waals surface area (Å²) in [5, 5.41) is 23.7. The van der Waals surface area contributed by atoms with Crippen LogP contribution in [0.5, 0.6) is 0 Å². The van der Waals surface area contributed by atoms with Gasteiger partial charge >= 0.3 is 17.9 Å². The minimum atomic E-state index is -1.64. The first-order valence-electron chi connectivity index (χ1n) is 23.7. The van der Waals surface area contributed by atoms with Crippen LogP contribution in [0.3, 0.4) is 0 Å². The van der Waals surface area contributed by atoms with Gasteiger partial charge in [-0.3, -0.25) is 4.79 Å². The van der Waals surface area contributed by atoms with Crippen LogP contribution in [-0.4, -0.2) is 146 Å². The molecule has 5 rings (SSSR count). The molecule has 374 valence electrons. The molecule has 3 aliphatic rings. The Labute approximate surface area is 397 Å². The fraction of sp³-hybridized carbons (Fsp3) is 0.673. The SMILES string of the molecule is CC[C@H]1OC(=O)[C@H](C)[C@@H](O[C@H]2C[C@@](C)(OC)[C@@H](OC(=O)c3ccccc3)[C@H](C)O2)[C@H](C)[C@@H](O[C@@H]2O[C@H](C)C[C@H](N(C)C)[C@H]2OC(=O)c2ccccc2)[C@](C)(OC)C[C@@H](C)[C@H](O)/C(C)=C\[C@]1(C)O. The molecule has 2 fully saturated rings. The number of nitrogens with zero attached hydrogens (tertiary/aromatic N) is 1. The van der Waals surface area contributed by atoms with Gasteiger partial charge in [0.05, 0.1) is 59.2 Å². The maximum absolute atomic E-state index is 14.6. The molecule has 0 aromatic heterocycles. The second kappa shape index (κ2) is 22.8. The smallest absolute Gasteiger partial charge is 0.338 e. The topological polar surface area (TPSA) is 178 Å². The molecule has 0 amide bonds. The molecule has 15 heteroatoms. The van der Waals surface area contributed by atoms with Crippen LogP contribution in [0.15, 0.2) is 72.3 Å². The van der Waals surface area contributed by atoms with Crippen molar-refractivity contribution in [2.75, 3.05) is 28.3 Å². The summed E-state index contributed by atoms with van der Waals surface area (Å²) in [7, 11) is 6.92. The van der Waals surface area contributed by atoms with Crippen molar-refractivity contribution in [3.05, 3.63) is 83.4 Å². The van der Waals surface area contributed by atoms with Crippen molar-refractivity contribution in [1.29, 1.82) is 0 Å². The standard InChI is InChI=1S/C52H77NO14/c1-15-39-50(8,58)27-30(2)41(54)31(3)28-51(9,59-13)44(67-49-43(38(53(11)12)26-32(4)61-49)65-47(56)36-22-18-16-19-23-36)33(5)42(34(6)46(55)63-39)64-40-29-52(10,60-14)45(35(7)62-40)66-48(57)37-24-20-17-21-25-37/h16-25,27,31-35,38-45,49,54,58H,15,26,28-29H2,1-14H3/b30-27-/t31-,32-,33+,34-,35+,38+,39-,40+,41-,42+,43-,44-,45+,49+,50+,51-,52-/m1/s1. The second-order valence-electron chi connectivity index (χ2n) is 19.9. The molecule has 0 unspecified atom stereocenters. The molecule has 0 saturated carbocycles. The van der Waals surface area contributed by atoms with Crippen molar-refractivity contribution < 1.29 is 67.2 Å². The van der Waals surface area contributed by atoms with Crippen molar-refractivity contribution in [1.82, 2.24) is 4.90 Å². The van der Waals surface area contributed by atoms with Gasteiger partial charge in [-0.2, -0.15) is 0 Å². The number of carbonyl (C=O) groups excluding carboxylic acids is 3. The number of aliphatic hydroxyl groups is 2. The van der Waals surface area contributed by atoms with E-state index in [1.165, 1.54) is 7.11 Å². The van der Waals surface area contributed by atoms with E-state index in [0.717, 1.165) is 0 Å². The van der Waals surface area contributed by atoms with Crippen LogP contribution in [0, 0.1) is 17.8 Å². The number of methoxy groups -OCH3 is 2. The van der Waals surface area contributed by atoms with Gasteiger partial charge in [-0.25, -0.2) is 9.59 Å². The first-order valence-corrected chi connectivity index (χ1v) is 23.7. The van der Waals surface area contributed by atoms with Gasteiger partial charge in [-0.15, -0.1) is 0 Å². The summed E-state index contributed by atoms with van der Waals surface area (Å²) in [6.07, 6.45) is -6.40. The van der Waals surface area contributed by atoms with Crippen molar-refractivity contribution >= 4 is 17.9 Å². The number of hydrogen-bond acceptors (Lipinski definition) is 15. The Morgan fingerprint density at radius 3 is 1.88 bits per heavy atom. The van der Waals surface area contributed by atoms with Gasteiger partial charge in [-0.1, -0.05) is 57.2 Å². The maximum Gasteiger partial charge on any atom is 0.338 e. The Hall–Kier alpha value is -3.77. The van der Waals surface area contributed by atoms with E-state index >= 15 is 0 Å². The highest BCUT2D eigenvalue weighted by molar-refractivity contribution is 5.90. The zero-order valence-electron chi connectivity index (χ0n) is 42.0. The molecule has 2 N–H and O–H groups in total. The van der Waals surface area contributed by atoms with E-state index in [1.807, 2.05) is 72.7 Å². The largest absolute Gasteiger partial charge is 0.459 e. The van der Waals surface area contributed by atoms with Crippen LogP contribution in [-0.2, 0) is 47.4 Å². The average Bonchev–Trinajstić information content (AvgIpc) is 3.29. The van der Waals surface area contributed by atoms with Gasteiger partial charge < -0.3 is 57.7 Å². The first-order chi connectivity index (χ1) is 31.5. The summed E-state index contributed by atoms with van der Waals surface area (Å²) < 4.78 is 58.6. The van der Waals surface area contributed by atoms with E-state index in [4.69, 9.17) is 42.6 Å². The van der Waals surface area contributed by atoms with Crippen molar-refractivity contribution in [2.24, 2.45) is 17.8 Å². The monoisotopic (exact) mass is 940 g/mol. The van der Waals surface area contributed by atoms with Crippen LogP contribution in [0.25, 0.3) is 0 Å². The minimum absolute atomic E-state index is 0.0868. The van der Waals surface area contributed by atoms with Crippen molar-refractivity contribution in [2.45, 2.75) is 179 Å². The molecule has 0 aliphatic carbocycles. The van der Waals surface area contributed by atoms with Crippen LogP contribution >= 0.6 is 0 Å². The number of benzene rings is 2. The number of rotatable bonds is 12. The fourth-order valence-corrected chi connectivity index (χ4v) is 10.3. The van der Waals surface area contributed by atoms with Crippen LogP contribution in [0.1, 0.15) is 116 Å². The molecule has 15 nitrogen and oxygen atoms in total. The Morgan fingerprint density at radius 2 is 1.34 bits per heavy atom. The molecule has 0 radical (unpaired) electrons. The zero-order chi connectivity index (χ0) is 49.6. The number of esters is 3. The zero-order valence-corrected chi connectivity index (χ0v) is 42.0. The third kappa shape index (κ3) is 12.7. The van der Waals surface area contributed by atoms with E-state index in [0.29, 0.717) is 23.1 Å². The summed E-state index contributed by atoms with van der Waals surface area (Å²) in [6.45, 7) is 18.0. The lowest BCUT2D eigenvalue weighted by atomic mass is 9.75. The van der Waals surface area contributed by atoms with Crippen LogP contribution in [0.2, 0.25) is 0 Å². The number of cyclic esters (lactones) is 1. The third-order valence-electron chi connectivity index (χ3n) is 14.2. The Morgan fingerprint density at radius 1 is 0.791 bits per heavy atom. The molecule has 3 heterocycles. The molecule has 0 bridgehead atoms. The molecule has 3 aliphatic heterocycles. The predicted octanol–water partition coefficient (Wildman–Crippen LogP) is 6.91. The van der Waals surface area contributed by atoms with Crippen LogP contribution < -0.4 is 0 Å². The molecular formula is C52H77NO14. The summed E-state index contributed by atoms with van der Waals surface area (Å²) in [6, 6.07) is 17.1. The molecule has 67 heavy (non-hydrogen) atoms. The van der Waals surface area contributed by atoms with Gasteiger partial charge in [0.2, 0.25) is 0 Å². The normalized spacial score (nSPS) is 39.9. The van der Waals surface area contributed by atoms with Gasteiger partial charge in [0.15, 0.2) is 24.8 Å². The lowest BCUT2D eigenvalue weighted by Crippen LogP contribution is -2.61. The minimum Gasteiger partial charge on any atom is -0.459 e. The summed E-state index contributed by atoms with van der Waals surface area (Å²) in [4.78, 5) is 43.8. The lowest BCUT2D eigenvalue weighted by molar-refractivity contribution is -0.318. The Balaban J connectivity index is 1.62. The quantitative estimate of drug-likeness (QED) is 0.127. The number of likely N-dealkylation sites (N-methyl/N-ethyl adjacent to an activating group) is 1. The summed E-state index contributed by atoms with van der Waals surface area (Å²) in [5.74, 6) is -3.98. The van der Waals surface area contributed by atoms with Gasteiger partial charge in [0, 0.05) is 26.6 Å². The van der Waals surface area contributed by atoms with E-state index in [2.05, 4.69) is 0 Å². The first kappa shape index (κ1) is 54.2. The predicted molar refractivity (Wildman–Crippen MR) is 250 cm³/mol. The molecular weight excluding hydrogens is 863 g/mol. The highest BCUT2D eigenvalue weighted by Crippen LogP contribution is 2.42. The van der Waals surface area contributed by atoms with Crippen LogP contribution in [0.4, 0.5) is 0 Å². The van der Waals surface area contributed by atoms with E-state index in [9.17, 15) is 24.6 Å². The second-order valence-corrected chi connectivity index (χ2v) is 19.9. The molecule has 2 aromatic carbocycles. The fourth-order valence-electron chi connectivity index (χ4n) is 10.3. The molecule has 17 atom stereocenters. The molecule has 2 saturated heterocycles. The summed E-state index contributed by atoms with van der Waals surface area (Å²) >= 11 is 0. The molecule has 2 aromatic rings. The number of hydrogen-bond donors (Lipinski definition) is 2. The van der Waals surface area contributed by atoms with E-state index < -0.39 is 108 Å². The van der Waals surface area contributed by atoms with Gasteiger partial charge in [0.25, 0.3) is 0 Å². The number of ether oxygens (including phenoxy) is 9. The Kier molecular flexibility index (Phi) is 18.4. The van der Waals surface area contributed by atoms with E-state index in [-0.39, 0.29) is 31.4 Å². The van der Waals surface area contributed by atoms with Gasteiger partial charge in [-0.05, 0) is 124 Å². The lowest BCUT2D eigenvalue weighted by Gasteiger charge is -2.50. The Bertz CT molecular complexity index is 1960. The third-order valence-corrected chi connectivity index (χ3v) is 14.2. The highest BCUT2D eigenvalue weighted by Gasteiger charge is 2.54. The van der Waals surface area contributed by atoms with Crippen molar-refractivity contribution in [3.8, 4) is 0 Å². The number of aliphatic hydroxyl groups excluding tert-OH is 1. The highest BCUT2D eigenvalue weighted by atomic mass is 16.7. The average molecular weight is 940 g/mol. The molecule has 0 spiro atoms. The summed E-state index contributed by atoms with van der Waals surface area (Å²) in [5.41, 5.74) is -2.76. The van der Waals surface area contributed by atoms with Crippen molar-refractivity contribution in [3.63, 3.8) is 0 Å². The number of carbonyl (C=O) groups is 3. The maximum atomic E-state index is 14.6.